The summed E-state index contributed by atoms with van der Waals surface area (Å²) in [4.78, 5) is 2.20. The van der Waals surface area contributed by atoms with Crippen molar-refractivity contribution in [2.75, 3.05) is 31.6 Å². The van der Waals surface area contributed by atoms with E-state index in [0.717, 1.165) is 13.1 Å². The lowest BCUT2D eigenvalue weighted by Gasteiger charge is -2.50. The molecule has 0 amide bonds. The highest BCUT2D eigenvalue weighted by Crippen LogP contribution is 2.29. The van der Waals surface area contributed by atoms with Gasteiger partial charge in [0.15, 0.2) is 0 Å². The molecule has 1 aliphatic rings. The van der Waals surface area contributed by atoms with Crippen molar-refractivity contribution in [3.05, 3.63) is 71.8 Å². The van der Waals surface area contributed by atoms with Gasteiger partial charge in [0, 0.05) is 31.4 Å². The summed E-state index contributed by atoms with van der Waals surface area (Å²) in [7, 11) is -2.90. The molecule has 0 aromatic heterocycles. The lowest BCUT2D eigenvalue weighted by atomic mass is 9.88. The molecule has 0 unspecified atom stereocenters. The van der Waals surface area contributed by atoms with E-state index in [1.54, 1.807) is 0 Å². The highest BCUT2D eigenvalue weighted by atomic mass is 32.2. The SMILES string of the molecule is CC1(NC(c2ccccc2)c2ccccc2)CN(CCS(C)(=O)=O)C1. The number of hydrogen-bond acceptors (Lipinski definition) is 4. The Labute approximate surface area is 150 Å². The second-order valence-electron chi connectivity index (χ2n) is 7.30. The van der Waals surface area contributed by atoms with Crippen molar-refractivity contribution in [3.8, 4) is 0 Å². The van der Waals surface area contributed by atoms with E-state index in [0.29, 0.717) is 6.54 Å². The largest absolute Gasteiger partial charge is 0.299 e. The van der Waals surface area contributed by atoms with E-state index in [2.05, 4.69) is 65.7 Å². The summed E-state index contributed by atoms with van der Waals surface area (Å²) in [5.74, 6) is 0.226. The van der Waals surface area contributed by atoms with Gasteiger partial charge in [-0.05, 0) is 18.1 Å². The minimum absolute atomic E-state index is 0.0200. The minimum Gasteiger partial charge on any atom is -0.299 e. The second-order valence-corrected chi connectivity index (χ2v) is 9.56. The Balaban J connectivity index is 1.70. The Morgan fingerprint density at radius 2 is 1.48 bits per heavy atom. The number of likely N-dealkylation sites (tertiary alicyclic amines) is 1. The van der Waals surface area contributed by atoms with Gasteiger partial charge in [-0.2, -0.15) is 0 Å². The van der Waals surface area contributed by atoms with Gasteiger partial charge in [-0.3, -0.25) is 10.2 Å². The fourth-order valence-corrected chi connectivity index (χ4v) is 4.07. The van der Waals surface area contributed by atoms with Crippen molar-refractivity contribution >= 4 is 9.84 Å². The van der Waals surface area contributed by atoms with Crippen molar-refractivity contribution < 1.29 is 8.42 Å². The standard InChI is InChI=1S/C20H26N2O2S/c1-20(15-22(16-20)13-14-25(2,23)24)21-19(17-9-5-3-6-10-17)18-11-7-4-8-12-18/h3-12,19,21H,13-16H2,1-2H3. The molecule has 1 aliphatic heterocycles. The first kappa shape index (κ1) is 18.1. The van der Waals surface area contributed by atoms with E-state index in [9.17, 15) is 8.42 Å². The van der Waals surface area contributed by atoms with Crippen LogP contribution in [0.15, 0.2) is 60.7 Å². The molecule has 1 heterocycles. The zero-order chi connectivity index (χ0) is 17.9. The Kier molecular flexibility index (Phi) is 5.27. The van der Waals surface area contributed by atoms with Crippen molar-refractivity contribution in [2.24, 2.45) is 0 Å². The van der Waals surface area contributed by atoms with Gasteiger partial charge in [0.1, 0.15) is 9.84 Å². The summed E-state index contributed by atoms with van der Waals surface area (Å²) >= 11 is 0. The van der Waals surface area contributed by atoms with Crippen LogP contribution in [0.4, 0.5) is 0 Å². The van der Waals surface area contributed by atoms with Crippen LogP contribution in [0.2, 0.25) is 0 Å². The molecule has 0 saturated carbocycles. The molecule has 0 radical (unpaired) electrons. The van der Waals surface area contributed by atoms with Crippen LogP contribution in [0.5, 0.6) is 0 Å². The fourth-order valence-electron chi connectivity index (χ4n) is 3.48. The van der Waals surface area contributed by atoms with E-state index < -0.39 is 9.84 Å². The number of benzene rings is 2. The molecule has 1 N–H and O–H groups in total. The molecular weight excluding hydrogens is 332 g/mol. The van der Waals surface area contributed by atoms with Crippen LogP contribution in [0, 0.1) is 0 Å². The predicted molar refractivity (Wildman–Crippen MR) is 102 cm³/mol. The first-order valence-electron chi connectivity index (χ1n) is 8.62. The Morgan fingerprint density at radius 3 is 1.92 bits per heavy atom. The second kappa shape index (κ2) is 7.28. The lowest BCUT2D eigenvalue weighted by Crippen LogP contribution is -2.68. The zero-order valence-electron chi connectivity index (χ0n) is 14.9. The number of sulfone groups is 1. The third-order valence-corrected chi connectivity index (χ3v) is 5.61. The smallest absolute Gasteiger partial charge is 0.148 e. The monoisotopic (exact) mass is 358 g/mol. The Morgan fingerprint density at radius 1 is 1.00 bits per heavy atom. The molecule has 2 aromatic carbocycles. The lowest BCUT2D eigenvalue weighted by molar-refractivity contribution is 0.0544. The summed E-state index contributed by atoms with van der Waals surface area (Å²) in [6.45, 7) is 4.54. The van der Waals surface area contributed by atoms with Crippen LogP contribution in [-0.4, -0.2) is 50.5 Å². The maximum Gasteiger partial charge on any atom is 0.148 e. The summed E-state index contributed by atoms with van der Waals surface area (Å²) in [5.41, 5.74) is 2.46. The Hall–Kier alpha value is -1.69. The number of rotatable bonds is 7. The van der Waals surface area contributed by atoms with Gasteiger partial charge in [-0.25, -0.2) is 8.42 Å². The maximum absolute atomic E-state index is 11.3. The molecule has 25 heavy (non-hydrogen) atoms. The van der Waals surface area contributed by atoms with Crippen LogP contribution in [0.1, 0.15) is 24.1 Å². The highest BCUT2D eigenvalue weighted by Gasteiger charge is 2.40. The zero-order valence-corrected chi connectivity index (χ0v) is 15.7. The Bertz CT molecular complexity index is 745. The van der Waals surface area contributed by atoms with Crippen LogP contribution in [-0.2, 0) is 9.84 Å². The molecule has 1 saturated heterocycles. The van der Waals surface area contributed by atoms with E-state index in [1.165, 1.54) is 17.4 Å². The number of hydrogen-bond donors (Lipinski definition) is 1. The van der Waals surface area contributed by atoms with Gasteiger partial charge in [-0.15, -0.1) is 0 Å². The first-order valence-corrected chi connectivity index (χ1v) is 10.7. The summed E-state index contributed by atoms with van der Waals surface area (Å²) in [6, 6.07) is 21.0. The molecule has 3 rings (SSSR count). The average Bonchev–Trinajstić information content (AvgIpc) is 2.57. The van der Waals surface area contributed by atoms with Gasteiger partial charge in [0.05, 0.1) is 11.8 Å². The van der Waals surface area contributed by atoms with Gasteiger partial charge in [0.25, 0.3) is 0 Å². The molecule has 0 bridgehead atoms. The number of nitrogens with zero attached hydrogens (tertiary/aromatic N) is 1. The van der Waals surface area contributed by atoms with Gasteiger partial charge < -0.3 is 0 Å². The van der Waals surface area contributed by atoms with Crippen molar-refractivity contribution in [2.45, 2.75) is 18.5 Å². The molecule has 0 aliphatic carbocycles. The summed E-state index contributed by atoms with van der Waals surface area (Å²) < 4.78 is 22.7. The van der Waals surface area contributed by atoms with Crippen molar-refractivity contribution in [3.63, 3.8) is 0 Å². The van der Waals surface area contributed by atoms with E-state index >= 15 is 0 Å². The summed E-state index contributed by atoms with van der Waals surface area (Å²) in [6.07, 6.45) is 1.30. The molecule has 4 nitrogen and oxygen atoms in total. The molecule has 1 fully saturated rings. The third-order valence-electron chi connectivity index (χ3n) is 4.68. The molecule has 2 aromatic rings. The third kappa shape index (κ3) is 4.91. The van der Waals surface area contributed by atoms with Crippen LogP contribution in [0.3, 0.4) is 0 Å². The maximum atomic E-state index is 11.3. The van der Waals surface area contributed by atoms with E-state index in [1.807, 2.05) is 12.1 Å². The van der Waals surface area contributed by atoms with Gasteiger partial charge >= 0.3 is 0 Å². The first-order chi connectivity index (χ1) is 11.8. The molecule has 0 spiro atoms. The number of nitrogens with one attached hydrogen (secondary N) is 1. The van der Waals surface area contributed by atoms with Crippen molar-refractivity contribution in [1.29, 1.82) is 0 Å². The quantitative estimate of drug-likeness (QED) is 0.826. The van der Waals surface area contributed by atoms with E-state index in [-0.39, 0.29) is 17.3 Å². The van der Waals surface area contributed by atoms with Gasteiger partial charge in [-0.1, -0.05) is 60.7 Å². The minimum atomic E-state index is -2.90. The van der Waals surface area contributed by atoms with E-state index in [4.69, 9.17) is 0 Å². The van der Waals surface area contributed by atoms with Crippen molar-refractivity contribution in [1.82, 2.24) is 10.2 Å². The average molecular weight is 359 g/mol. The summed E-state index contributed by atoms with van der Waals surface area (Å²) in [5, 5.41) is 3.80. The predicted octanol–water partition coefficient (Wildman–Crippen LogP) is 2.48. The topological polar surface area (TPSA) is 49.4 Å². The molecule has 134 valence electrons. The highest BCUT2D eigenvalue weighted by molar-refractivity contribution is 7.90. The normalized spacial score (nSPS) is 17.4. The molecule has 5 heteroatoms. The van der Waals surface area contributed by atoms with Gasteiger partial charge in [0.2, 0.25) is 0 Å². The van der Waals surface area contributed by atoms with Crippen LogP contribution in [0.25, 0.3) is 0 Å². The molecule has 0 atom stereocenters. The van der Waals surface area contributed by atoms with Crippen LogP contribution >= 0.6 is 0 Å². The fraction of sp³-hybridized carbons (Fsp3) is 0.400. The molecular formula is C20H26N2O2S. The van der Waals surface area contributed by atoms with Crippen LogP contribution < -0.4 is 5.32 Å².